The van der Waals surface area contributed by atoms with Gasteiger partial charge in [0.1, 0.15) is 6.10 Å². The molecule has 0 spiro atoms. The second-order valence-corrected chi connectivity index (χ2v) is 4.48. The largest absolute Gasteiger partial charge is 0.383 e. The van der Waals surface area contributed by atoms with Crippen LogP contribution in [0.4, 0.5) is 0 Å². The quantitative estimate of drug-likeness (QED) is 0.749. The summed E-state index contributed by atoms with van der Waals surface area (Å²) in [5, 5.41) is 16.1. The van der Waals surface area contributed by atoms with Gasteiger partial charge in [0, 0.05) is 17.8 Å². The summed E-state index contributed by atoms with van der Waals surface area (Å²) in [5.74, 6) is 0. The number of rotatable bonds is 2. The van der Waals surface area contributed by atoms with E-state index in [4.69, 9.17) is 0 Å². The van der Waals surface area contributed by atoms with E-state index in [1.807, 2.05) is 24.3 Å². The Morgan fingerprint density at radius 2 is 2.12 bits per heavy atom. The molecule has 1 aromatic carbocycles. The van der Waals surface area contributed by atoms with Crippen molar-refractivity contribution in [2.75, 3.05) is 0 Å². The van der Waals surface area contributed by atoms with E-state index in [0.717, 1.165) is 21.2 Å². The molecule has 0 aliphatic rings. The Hall–Kier alpha value is -1.85. The van der Waals surface area contributed by atoms with Crippen LogP contribution in [0.25, 0.3) is 10.8 Å². The van der Waals surface area contributed by atoms with Gasteiger partial charge in [-0.05, 0) is 28.5 Å². The van der Waals surface area contributed by atoms with Crippen molar-refractivity contribution in [1.29, 1.82) is 0 Å². The molecule has 0 saturated carbocycles. The molecule has 4 nitrogen and oxygen atoms in total. The van der Waals surface area contributed by atoms with E-state index in [1.54, 1.807) is 18.6 Å². The zero-order valence-electron chi connectivity index (χ0n) is 8.82. The van der Waals surface area contributed by atoms with Gasteiger partial charge in [0.25, 0.3) is 0 Å². The number of fused-ring (bicyclic) bond motifs is 1. The molecule has 0 fully saturated rings. The molecule has 0 saturated heterocycles. The lowest BCUT2D eigenvalue weighted by Gasteiger charge is -2.10. The monoisotopic (exact) mass is 243 g/mol. The van der Waals surface area contributed by atoms with Crippen LogP contribution in [0.1, 0.15) is 16.5 Å². The maximum atomic E-state index is 10.3. The highest BCUT2D eigenvalue weighted by Gasteiger charge is 2.15. The van der Waals surface area contributed by atoms with Gasteiger partial charge in [0.2, 0.25) is 0 Å². The molecule has 1 N–H and O–H groups in total. The Morgan fingerprint density at radius 3 is 2.94 bits per heavy atom. The third-order valence-electron chi connectivity index (χ3n) is 2.66. The third kappa shape index (κ3) is 1.79. The Kier molecular flexibility index (Phi) is 2.55. The summed E-state index contributed by atoms with van der Waals surface area (Å²) in [6.45, 7) is 0. The first kappa shape index (κ1) is 10.3. The van der Waals surface area contributed by atoms with Gasteiger partial charge in [0.05, 0.1) is 11.1 Å². The highest BCUT2D eigenvalue weighted by Crippen LogP contribution is 2.29. The highest BCUT2D eigenvalue weighted by molar-refractivity contribution is 7.05. The Balaban J connectivity index is 2.17. The first-order chi connectivity index (χ1) is 8.36. The number of benzene rings is 1. The maximum absolute atomic E-state index is 10.3. The van der Waals surface area contributed by atoms with Gasteiger partial charge in [-0.15, -0.1) is 5.10 Å². The Morgan fingerprint density at radius 1 is 1.18 bits per heavy atom. The summed E-state index contributed by atoms with van der Waals surface area (Å²) in [5.41, 5.74) is 0.857. The molecule has 3 aromatic rings. The number of hydrogen-bond acceptors (Lipinski definition) is 5. The van der Waals surface area contributed by atoms with Crippen molar-refractivity contribution in [2.45, 2.75) is 6.10 Å². The molecular formula is C12H9N3OS. The molecule has 0 aliphatic heterocycles. The number of aliphatic hydroxyl groups excluding tert-OH is 1. The first-order valence-electron chi connectivity index (χ1n) is 5.14. The Labute approximate surface area is 102 Å². The zero-order chi connectivity index (χ0) is 11.7. The standard InChI is InChI=1S/C12H9N3OS/c16-12(11-7-14-15-17-11)10-3-1-2-8-6-13-5-4-9(8)10/h1-7,12,16H. The van der Waals surface area contributed by atoms with Gasteiger partial charge >= 0.3 is 0 Å². The van der Waals surface area contributed by atoms with E-state index in [1.165, 1.54) is 11.5 Å². The lowest BCUT2D eigenvalue weighted by atomic mass is 10.0. The SMILES string of the molecule is OC(c1cnns1)c1cccc2cnccc12. The van der Waals surface area contributed by atoms with Gasteiger partial charge < -0.3 is 5.11 Å². The summed E-state index contributed by atoms with van der Waals surface area (Å²) in [7, 11) is 0. The van der Waals surface area contributed by atoms with Crippen LogP contribution in [0.15, 0.2) is 42.9 Å². The Bertz CT molecular complexity index is 634. The summed E-state index contributed by atoms with van der Waals surface area (Å²) in [6.07, 6.45) is 4.43. The molecule has 0 aliphatic carbocycles. The molecule has 3 rings (SSSR count). The maximum Gasteiger partial charge on any atom is 0.117 e. The lowest BCUT2D eigenvalue weighted by Crippen LogP contribution is -1.98. The van der Waals surface area contributed by atoms with Crippen LogP contribution in [0.3, 0.4) is 0 Å². The smallest absolute Gasteiger partial charge is 0.117 e. The molecule has 0 amide bonds. The van der Waals surface area contributed by atoms with E-state index >= 15 is 0 Å². The van der Waals surface area contributed by atoms with Crippen LogP contribution in [0.5, 0.6) is 0 Å². The van der Waals surface area contributed by atoms with Gasteiger partial charge in [-0.3, -0.25) is 4.98 Å². The van der Waals surface area contributed by atoms with E-state index in [-0.39, 0.29) is 0 Å². The number of pyridine rings is 1. The van der Waals surface area contributed by atoms with Gasteiger partial charge in [-0.1, -0.05) is 22.7 Å². The van der Waals surface area contributed by atoms with Crippen molar-refractivity contribution < 1.29 is 5.11 Å². The number of hydrogen-bond donors (Lipinski definition) is 1. The molecule has 2 heterocycles. The van der Waals surface area contributed by atoms with Crippen molar-refractivity contribution in [3.8, 4) is 0 Å². The van der Waals surface area contributed by atoms with Crippen molar-refractivity contribution in [3.63, 3.8) is 0 Å². The number of aromatic nitrogens is 3. The van der Waals surface area contributed by atoms with Crippen LogP contribution < -0.4 is 0 Å². The lowest BCUT2D eigenvalue weighted by molar-refractivity contribution is 0.225. The van der Waals surface area contributed by atoms with Crippen LogP contribution in [0, 0.1) is 0 Å². The van der Waals surface area contributed by atoms with Crippen molar-refractivity contribution in [1.82, 2.24) is 14.6 Å². The average Bonchev–Trinajstić information content (AvgIpc) is 2.91. The summed E-state index contributed by atoms with van der Waals surface area (Å²) < 4.78 is 3.77. The minimum absolute atomic E-state index is 0.680. The number of aliphatic hydroxyl groups is 1. The zero-order valence-corrected chi connectivity index (χ0v) is 9.63. The van der Waals surface area contributed by atoms with E-state index in [9.17, 15) is 5.11 Å². The second-order valence-electron chi connectivity index (χ2n) is 3.67. The summed E-state index contributed by atoms with van der Waals surface area (Å²) in [4.78, 5) is 4.82. The second kappa shape index (κ2) is 4.20. The van der Waals surface area contributed by atoms with E-state index in [0.29, 0.717) is 0 Å². The van der Waals surface area contributed by atoms with Crippen LogP contribution >= 0.6 is 11.5 Å². The van der Waals surface area contributed by atoms with Crippen LogP contribution in [-0.2, 0) is 0 Å². The van der Waals surface area contributed by atoms with E-state index in [2.05, 4.69) is 14.6 Å². The van der Waals surface area contributed by atoms with Gasteiger partial charge in [0.15, 0.2) is 0 Å². The molecule has 84 valence electrons. The molecular weight excluding hydrogens is 234 g/mol. The molecule has 5 heteroatoms. The normalized spacial score (nSPS) is 12.8. The molecule has 2 aromatic heterocycles. The summed E-state index contributed by atoms with van der Waals surface area (Å²) in [6, 6.07) is 7.70. The molecule has 0 radical (unpaired) electrons. The van der Waals surface area contributed by atoms with Gasteiger partial charge in [-0.2, -0.15) is 0 Å². The van der Waals surface area contributed by atoms with Crippen molar-refractivity contribution in [3.05, 3.63) is 53.3 Å². The van der Waals surface area contributed by atoms with E-state index < -0.39 is 6.10 Å². The van der Waals surface area contributed by atoms with Crippen LogP contribution in [-0.4, -0.2) is 19.7 Å². The molecule has 1 unspecified atom stereocenters. The average molecular weight is 243 g/mol. The predicted molar refractivity (Wildman–Crippen MR) is 65.7 cm³/mol. The fraction of sp³-hybridized carbons (Fsp3) is 0.0833. The molecule has 0 bridgehead atoms. The molecule has 1 atom stereocenters. The fourth-order valence-corrected chi connectivity index (χ4v) is 2.34. The van der Waals surface area contributed by atoms with Crippen molar-refractivity contribution in [2.24, 2.45) is 0 Å². The minimum atomic E-state index is -0.680. The minimum Gasteiger partial charge on any atom is -0.383 e. The first-order valence-corrected chi connectivity index (χ1v) is 5.91. The topological polar surface area (TPSA) is 58.9 Å². The van der Waals surface area contributed by atoms with Crippen molar-refractivity contribution >= 4 is 22.3 Å². The third-order valence-corrected chi connectivity index (χ3v) is 3.37. The summed E-state index contributed by atoms with van der Waals surface area (Å²) >= 11 is 1.21. The fourth-order valence-electron chi connectivity index (χ4n) is 1.83. The van der Waals surface area contributed by atoms with Crippen LogP contribution in [0.2, 0.25) is 0 Å². The van der Waals surface area contributed by atoms with Gasteiger partial charge in [-0.25, -0.2) is 0 Å². The number of nitrogens with zero attached hydrogens (tertiary/aromatic N) is 3. The predicted octanol–water partition coefficient (Wildman–Crippen LogP) is 2.17. The highest BCUT2D eigenvalue weighted by atomic mass is 32.1. The molecule has 17 heavy (non-hydrogen) atoms.